The number of amides is 1. The second-order valence-electron chi connectivity index (χ2n) is 5.66. The number of anilines is 3. The van der Waals surface area contributed by atoms with Crippen LogP contribution in [0, 0.1) is 0 Å². The number of para-hydroxylation sites is 1. The topological polar surface area (TPSA) is 63.2 Å². The van der Waals surface area contributed by atoms with Gasteiger partial charge >= 0.3 is 6.09 Å². The van der Waals surface area contributed by atoms with E-state index in [1.165, 1.54) is 0 Å². The van der Waals surface area contributed by atoms with Crippen molar-refractivity contribution in [3.8, 4) is 0 Å². The normalized spacial score (nSPS) is 10.9. The SMILES string of the molecule is CC(C)(C)OC(=O)Nc1ccc(Nc2ccccc2Cl)cn1. The molecule has 0 radical (unpaired) electrons. The molecule has 1 heterocycles. The van der Waals surface area contributed by atoms with E-state index in [1.54, 1.807) is 45.2 Å². The number of halogens is 1. The van der Waals surface area contributed by atoms with Gasteiger partial charge in [-0.15, -0.1) is 0 Å². The molecule has 6 heteroatoms. The van der Waals surface area contributed by atoms with Crippen LogP contribution in [-0.2, 0) is 4.74 Å². The van der Waals surface area contributed by atoms with Gasteiger partial charge < -0.3 is 10.1 Å². The Morgan fingerprint density at radius 1 is 1.18 bits per heavy atom. The van der Waals surface area contributed by atoms with E-state index in [9.17, 15) is 4.79 Å². The lowest BCUT2D eigenvalue weighted by Gasteiger charge is -2.19. The fourth-order valence-corrected chi connectivity index (χ4v) is 1.85. The summed E-state index contributed by atoms with van der Waals surface area (Å²) in [5.41, 5.74) is 1.01. The molecule has 0 aliphatic carbocycles. The fourth-order valence-electron chi connectivity index (χ4n) is 1.67. The summed E-state index contributed by atoms with van der Waals surface area (Å²) in [7, 11) is 0. The zero-order valence-electron chi connectivity index (χ0n) is 12.7. The highest BCUT2D eigenvalue weighted by Crippen LogP contribution is 2.24. The first kappa shape index (κ1) is 16.1. The van der Waals surface area contributed by atoms with Gasteiger partial charge in [0.15, 0.2) is 0 Å². The van der Waals surface area contributed by atoms with Crippen LogP contribution in [0.15, 0.2) is 42.6 Å². The van der Waals surface area contributed by atoms with Crippen LogP contribution in [0.5, 0.6) is 0 Å². The van der Waals surface area contributed by atoms with Gasteiger partial charge in [0.1, 0.15) is 11.4 Å². The summed E-state index contributed by atoms with van der Waals surface area (Å²) in [6, 6.07) is 10.9. The quantitative estimate of drug-likeness (QED) is 0.850. The van der Waals surface area contributed by atoms with E-state index >= 15 is 0 Å². The Bertz CT molecular complexity index is 651. The zero-order valence-corrected chi connectivity index (χ0v) is 13.4. The van der Waals surface area contributed by atoms with Crippen LogP contribution in [-0.4, -0.2) is 16.7 Å². The summed E-state index contributed by atoms with van der Waals surface area (Å²) in [6.45, 7) is 5.41. The molecule has 0 spiro atoms. The number of hydrogen-bond donors (Lipinski definition) is 2. The Labute approximate surface area is 134 Å². The molecule has 2 aromatic rings. The third-order valence-electron chi connectivity index (χ3n) is 2.55. The van der Waals surface area contributed by atoms with Crippen LogP contribution in [0.3, 0.4) is 0 Å². The highest BCUT2D eigenvalue weighted by Gasteiger charge is 2.16. The molecule has 0 atom stereocenters. The number of hydrogen-bond acceptors (Lipinski definition) is 4. The number of benzene rings is 1. The maximum absolute atomic E-state index is 11.6. The molecule has 2 N–H and O–H groups in total. The molecule has 0 aliphatic rings. The molecular formula is C16H18ClN3O2. The lowest BCUT2D eigenvalue weighted by molar-refractivity contribution is 0.0635. The summed E-state index contributed by atoms with van der Waals surface area (Å²) >= 11 is 6.08. The number of pyridine rings is 1. The molecule has 116 valence electrons. The van der Waals surface area contributed by atoms with Crippen LogP contribution in [0.25, 0.3) is 0 Å². The highest BCUT2D eigenvalue weighted by molar-refractivity contribution is 6.33. The average Bonchev–Trinajstić information content (AvgIpc) is 2.41. The summed E-state index contributed by atoms with van der Waals surface area (Å²) in [4.78, 5) is 15.8. The van der Waals surface area contributed by atoms with Crippen molar-refractivity contribution in [1.29, 1.82) is 0 Å². The minimum Gasteiger partial charge on any atom is -0.444 e. The maximum atomic E-state index is 11.6. The average molecular weight is 320 g/mol. The molecule has 0 fully saturated rings. The van der Waals surface area contributed by atoms with Gasteiger partial charge in [0.2, 0.25) is 0 Å². The van der Waals surface area contributed by atoms with Crippen molar-refractivity contribution in [3.05, 3.63) is 47.6 Å². The number of carbonyl (C=O) groups excluding carboxylic acids is 1. The summed E-state index contributed by atoms with van der Waals surface area (Å²) in [6.07, 6.45) is 1.07. The molecule has 5 nitrogen and oxygen atoms in total. The third-order valence-corrected chi connectivity index (χ3v) is 2.87. The lowest BCUT2D eigenvalue weighted by Crippen LogP contribution is -2.27. The van der Waals surface area contributed by atoms with E-state index in [2.05, 4.69) is 15.6 Å². The van der Waals surface area contributed by atoms with Crippen molar-refractivity contribution in [3.63, 3.8) is 0 Å². The number of rotatable bonds is 3. The van der Waals surface area contributed by atoms with E-state index in [1.807, 2.05) is 18.2 Å². The van der Waals surface area contributed by atoms with Crippen molar-refractivity contribution >= 4 is 34.9 Å². The van der Waals surface area contributed by atoms with Gasteiger partial charge in [-0.25, -0.2) is 9.78 Å². The van der Waals surface area contributed by atoms with E-state index in [4.69, 9.17) is 16.3 Å². The number of ether oxygens (including phenoxy) is 1. The van der Waals surface area contributed by atoms with Gasteiger partial charge in [0.25, 0.3) is 0 Å². The maximum Gasteiger partial charge on any atom is 0.413 e. The van der Waals surface area contributed by atoms with E-state index in [0.29, 0.717) is 10.8 Å². The molecule has 0 aliphatic heterocycles. The van der Waals surface area contributed by atoms with Crippen LogP contribution >= 0.6 is 11.6 Å². The smallest absolute Gasteiger partial charge is 0.413 e. The number of nitrogens with zero attached hydrogens (tertiary/aromatic N) is 1. The van der Waals surface area contributed by atoms with Gasteiger partial charge in [0, 0.05) is 0 Å². The van der Waals surface area contributed by atoms with Gasteiger partial charge in [-0.2, -0.15) is 0 Å². The first-order valence-corrected chi connectivity index (χ1v) is 7.19. The van der Waals surface area contributed by atoms with Gasteiger partial charge in [-0.05, 0) is 45.0 Å². The number of aromatic nitrogens is 1. The van der Waals surface area contributed by atoms with Crippen molar-refractivity contribution < 1.29 is 9.53 Å². The molecule has 0 bridgehead atoms. The molecule has 2 rings (SSSR count). The minimum absolute atomic E-state index is 0.416. The zero-order chi connectivity index (χ0) is 16.2. The van der Waals surface area contributed by atoms with E-state index < -0.39 is 11.7 Å². The molecule has 1 amide bonds. The fraction of sp³-hybridized carbons (Fsp3) is 0.250. The molecule has 0 saturated carbocycles. The van der Waals surface area contributed by atoms with E-state index in [0.717, 1.165) is 11.4 Å². The van der Waals surface area contributed by atoms with Gasteiger partial charge in [0.05, 0.1) is 22.6 Å². The van der Waals surface area contributed by atoms with Crippen LogP contribution in [0.4, 0.5) is 22.0 Å². The Morgan fingerprint density at radius 2 is 1.91 bits per heavy atom. The molecule has 1 aromatic heterocycles. The van der Waals surface area contributed by atoms with Gasteiger partial charge in [-0.1, -0.05) is 23.7 Å². The Balaban J connectivity index is 1.99. The molecule has 22 heavy (non-hydrogen) atoms. The second kappa shape index (κ2) is 6.66. The Hall–Kier alpha value is -2.27. The van der Waals surface area contributed by atoms with Crippen molar-refractivity contribution in [2.75, 3.05) is 10.6 Å². The Morgan fingerprint density at radius 3 is 2.50 bits per heavy atom. The Kier molecular flexibility index (Phi) is 4.88. The summed E-state index contributed by atoms with van der Waals surface area (Å²) in [5.74, 6) is 0.416. The van der Waals surface area contributed by atoms with Gasteiger partial charge in [-0.3, -0.25) is 5.32 Å². The monoisotopic (exact) mass is 319 g/mol. The first-order valence-electron chi connectivity index (χ1n) is 6.81. The summed E-state index contributed by atoms with van der Waals surface area (Å²) < 4.78 is 5.16. The molecule has 0 unspecified atom stereocenters. The standard InChI is InChI=1S/C16H18ClN3O2/c1-16(2,3)22-15(21)20-14-9-8-11(10-18-14)19-13-7-5-4-6-12(13)17/h4-10,19H,1-3H3,(H,18,20,21). The van der Waals surface area contributed by atoms with Crippen LogP contribution in [0.2, 0.25) is 5.02 Å². The third kappa shape index (κ3) is 4.93. The van der Waals surface area contributed by atoms with Crippen LogP contribution in [0.1, 0.15) is 20.8 Å². The second-order valence-corrected chi connectivity index (χ2v) is 6.07. The van der Waals surface area contributed by atoms with Crippen molar-refractivity contribution in [2.45, 2.75) is 26.4 Å². The minimum atomic E-state index is -0.546. The molecule has 0 saturated heterocycles. The lowest BCUT2D eigenvalue weighted by atomic mass is 10.2. The number of nitrogens with one attached hydrogen (secondary N) is 2. The van der Waals surface area contributed by atoms with Crippen molar-refractivity contribution in [2.24, 2.45) is 0 Å². The molecule has 1 aromatic carbocycles. The van der Waals surface area contributed by atoms with Crippen molar-refractivity contribution in [1.82, 2.24) is 4.98 Å². The molecular weight excluding hydrogens is 302 g/mol. The van der Waals surface area contributed by atoms with E-state index in [-0.39, 0.29) is 0 Å². The van der Waals surface area contributed by atoms with Crippen LogP contribution < -0.4 is 10.6 Å². The highest BCUT2D eigenvalue weighted by atomic mass is 35.5. The predicted octanol–water partition coefficient (Wildman–Crippen LogP) is 4.83. The first-order chi connectivity index (χ1) is 10.3. The predicted molar refractivity (Wildman–Crippen MR) is 88.8 cm³/mol. The summed E-state index contributed by atoms with van der Waals surface area (Å²) in [5, 5.41) is 6.35. The largest absolute Gasteiger partial charge is 0.444 e. The number of carbonyl (C=O) groups is 1.